The van der Waals surface area contributed by atoms with E-state index in [1.807, 2.05) is 13.8 Å². The molecule has 2 aliphatic rings. The fraction of sp³-hybridized carbons (Fsp3) is 0.429. The Hall–Kier alpha value is -4.09. The number of anilines is 1. The van der Waals surface area contributed by atoms with Crippen LogP contribution >= 0.6 is 0 Å². The summed E-state index contributed by atoms with van der Waals surface area (Å²) in [6.45, 7) is 3.68. The van der Waals surface area contributed by atoms with Crippen LogP contribution in [0.25, 0.3) is 0 Å². The molecule has 0 unspecified atom stereocenters. The molecule has 1 atom stereocenters. The van der Waals surface area contributed by atoms with Gasteiger partial charge in [0.1, 0.15) is 23.4 Å². The van der Waals surface area contributed by atoms with Crippen LogP contribution in [0.2, 0.25) is 0 Å². The number of para-hydroxylation sites is 1. The van der Waals surface area contributed by atoms with Crippen molar-refractivity contribution in [3.63, 3.8) is 0 Å². The van der Waals surface area contributed by atoms with Gasteiger partial charge in [0.2, 0.25) is 11.8 Å². The molecule has 1 aliphatic heterocycles. The topological polar surface area (TPSA) is 114 Å². The average molecular weight is 562 g/mol. The Balaban J connectivity index is 1.52. The van der Waals surface area contributed by atoms with E-state index in [1.165, 1.54) is 17.0 Å². The first-order chi connectivity index (χ1) is 18.9. The number of hydrogen-bond acceptors (Lipinski definition) is 6. The normalized spacial score (nSPS) is 18.1. The highest BCUT2D eigenvalue weighted by Crippen LogP contribution is 2.37. The van der Waals surface area contributed by atoms with Gasteiger partial charge in [0, 0.05) is 12.0 Å². The van der Waals surface area contributed by atoms with Crippen molar-refractivity contribution in [2.75, 3.05) is 4.90 Å². The first kappa shape index (κ1) is 28.9. The number of rotatable bonds is 9. The summed E-state index contributed by atoms with van der Waals surface area (Å²) in [6, 6.07) is 10.3. The highest BCUT2D eigenvalue weighted by molar-refractivity contribution is 6.13. The molecular formula is C28H30F3N3O6. The van der Waals surface area contributed by atoms with E-state index in [9.17, 15) is 32.3 Å². The predicted octanol–water partition coefficient (Wildman–Crippen LogP) is 4.64. The minimum absolute atomic E-state index is 0.0765. The Morgan fingerprint density at radius 3 is 2.30 bits per heavy atom. The van der Waals surface area contributed by atoms with Crippen molar-refractivity contribution >= 4 is 29.4 Å². The lowest BCUT2D eigenvalue weighted by atomic mass is 10.0. The maximum atomic E-state index is 13.7. The van der Waals surface area contributed by atoms with Crippen molar-refractivity contribution in [2.24, 2.45) is 0 Å². The zero-order chi connectivity index (χ0) is 29.1. The number of carbonyl (C=O) groups is 4. The Labute approximate surface area is 229 Å². The highest BCUT2D eigenvalue weighted by Gasteiger charge is 2.53. The highest BCUT2D eigenvalue weighted by atomic mass is 19.4. The molecule has 12 heteroatoms. The molecule has 0 spiro atoms. The second-order valence-corrected chi connectivity index (χ2v) is 9.84. The number of Topliss-reactive ketones (excluding diaryl/α,β-unsaturated/α-hetero) is 1. The number of halogens is 3. The summed E-state index contributed by atoms with van der Waals surface area (Å²) in [6.07, 6.45) is -4.22. The van der Waals surface area contributed by atoms with Gasteiger partial charge in [-0.3, -0.25) is 14.4 Å². The molecule has 9 nitrogen and oxygen atoms in total. The van der Waals surface area contributed by atoms with Crippen molar-refractivity contribution in [1.29, 1.82) is 0 Å². The molecule has 0 bridgehead atoms. The molecule has 40 heavy (non-hydrogen) atoms. The number of nitrogens with zero attached hydrogens (tertiary/aromatic N) is 1. The van der Waals surface area contributed by atoms with E-state index in [0.717, 1.165) is 12.1 Å². The molecule has 1 heterocycles. The van der Waals surface area contributed by atoms with E-state index >= 15 is 0 Å². The van der Waals surface area contributed by atoms with Crippen LogP contribution in [0, 0.1) is 0 Å². The summed E-state index contributed by atoms with van der Waals surface area (Å²) in [5.41, 5.74) is -0.165. The fourth-order valence-corrected chi connectivity index (χ4v) is 4.55. The second-order valence-electron chi connectivity index (χ2n) is 9.84. The minimum atomic E-state index is -4.84. The van der Waals surface area contributed by atoms with E-state index in [2.05, 4.69) is 15.4 Å². The van der Waals surface area contributed by atoms with Crippen LogP contribution in [0.5, 0.6) is 5.75 Å². The quantitative estimate of drug-likeness (QED) is 0.461. The van der Waals surface area contributed by atoms with Crippen molar-refractivity contribution in [2.45, 2.75) is 76.5 Å². The van der Waals surface area contributed by atoms with Gasteiger partial charge in [0.25, 0.3) is 0 Å². The summed E-state index contributed by atoms with van der Waals surface area (Å²) in [5, 5.41) is 5.26. The van der Waals surface area contributed by atoms with Crippen LogP contribution in [0.15, 0.2) is 48.5 Å². The van der Waals surface area contributed by atoms with Crippen LogP contribution in [-0.4, -0.2) is 47.7 Å². The number of fused-ring (bicyclic) bond motifs is 1. The number of alkyl halides is 3. The van der Waals surface area contributed by atoms with Crippen LogP contribution in [0.3, 0.4) is 0 Å². The number of nitrogens with one attached hydrogen (secondary N) is 2. The van der Waals surface area contributed by atoms with Gasteiger partial charge in [-0.1, -0.05) is 38.1 Å². The van der Waals surface area contributed by atoms with E-state index < -0.39 is 41.6 Å². The predicted molar refractivity (Wildman–Crippen MR) is 138 cm³/mol. The Morgan fingerprint density at radius 2 is 1.70 bits per heavy atom. The Kier molecular flexibility index (Phi) is 8.36. The van der Waals surface area contributed by atoms with Gasteiger partial charge in [0.15, 0.2) is 5.78 Å². The number of alkyl carbamates (subject to hydrolysis) is 1. The lowest BCUT2D eigenvalue weighted by molar-refractivity contribution is -0.274. The first-order valence-corrected chi connectivity index (χ1v) is 13.0. The fourth-order valence-electron chi connectivity index (χ4n) is 4.55. The molecule has 0 radical (unpaired) electrons. The molecule has 1 fully saturated rings. The van der Waals surface area contributed by atoms with Gasteiger partial charge < -0.3 is 25.0 Å². The monoisotopic (exact) mass is 561 g/mol. The zero-order valence-corrected chi connectivity index (χ0v) is 22.0. The summed E-state index contributed by atoms with van der Waals surface area (Å²) < 4.78 is 46.9. The lowest BCUT2D eigenvalue weighted by Crippen LogP contribution is -2.56. The van der Waals surface area contributed by atoms with Crippen molar-refractivity contribution in [3.8, 4) is 5.75 Å². The summed E-state index contributed by atoms with van der Waals surface area (Å²) >= 11 is 0. The third kappa shape index (κ3) is 6.72. The molecule has 1 aliphatic carbocycles. The smallest absolute Gasteiger partial charge is 0.446 e. The van der Waals surface area contributed by atoms with Crippen LogP contribution in [-0.2, 0) is 20.9 Å². The molecule has 2 aromatic rings. The Morgan fingerprint density at radius 1 is 1.05 bits per heavy atom. The SMILES string of the molecule is CCC(CC)OC(=O)NC1(C(=O)N[C@@H]2CC(=O)c3ccccc3N(Cc3ccc(OC(F)(F)F)cc3)C2=O)CC1. The van der Waals surface area contributed by atoms with E-state index in [0.29, 0.717) is 36.9 Å². The number of ketones is 1. The van der Waals surface area contributed by atoms with Crippen molar-refractivity contribution in [1.82, 2.24) is 10.6 Å². The molecule has 2 N–H and O–H groups in total. The number of hydrogen-bond donors (Lipinski definition) is 2. The van der Waals surface area contributed by atoms with Gasteiger partial charge in [-0.2, -0.15) is 0 Å². The molecule has 0 aromatic heterocycles. The van der Waals surface area contributed by atoms with Gasteiger partial charge in [-0.05, 0) is 55.5 Å². The summed E-state index contributed by atoms with van der Waals surface area (Å²) in [5.74, 6) is -1.95. The van der Waals surface area contributed by atoms with Gasteiger partial charge in [-0.25, -0.2) is 4.79 Å². The second kappa shape index (κ2) is 11.6. The molecule has 2 aromatic carbocycles. The summed E-state index contributed by atoms with van der Waals surface area (Å²) in [7, 11) is 0. The van der Waals surface area contributed by atoms with Crippen molar-refractivity contribution < 1.29 is 41.8 Å². The van der Waals surface area contributed by atoms with Crippen molar-refractivity contribution in [3.05, 3.63) is 59.7 Å². The standard InChI is InChI=1S/C28H30F3N3O6/c1-3-18(4-2)39-26(38)33-27(13-14-27)25(37)32-21-15-23(35)20-7-5-6-8-22(20)34(24(21)36)16-17-9-11-19(12-10-17)40-28(29,30)31/h5-12,18,21H,3-4,13-16H2,1-2H3,(H,32,37)(H,33,38)/t21-/m1/s1. The van der Waals surface area contributed by atoms with Gasteiger partial charge >= 0.3 is 12.5 Å². The van der Waals surface area contributed by atoms with Crippen LogP contribution in [0.1, 0.15) is 61.9 Å². The summed E-state index contributed by atoms with van der Waals surface area (Å²) in [4.78, 5) is 53.8. The molecule has 4 rings (SSSR count). The van der Waals surface area contributed by atoms with Crippen LogP contribution in [0.4, 0.5) is 23.7 Å². The zero-order valence-electron chi connectivity index (χ0n) is 22.0. The third-order valence-electron chi connectivity index (χ3n) is 6.96. The van der Waals surface area contributed by atoms with Gasteiger partial charge in [0.05, 0.1) is 12.2 Å². The molecule has 3 amide bonds. The molecular weight excluding hydrogens is 531 g/mol. The largest absolute Gasteiger partial charge is 0.573 e. The molecule has 0 saturated heterocycles. The van der Waals surface area contributed by atoms with Gasteiger partial charge in [-0.15, -0.1) is 13.2 Å². The first-order valence-electron chi connectivity index (χ1n) is 13.0. The maximum Gasteiger partial charge on any atom is 0.573 e. The number of benzene rings is 2. The minimum Gasteiger partial charge on any atom is -0.446 e. The number of ether oxygens (including phenoxy) is 2. The third-order valence-corrected chi connectivity index (χ3v) is 6.96. The molecule has 1 saturated carbocycles. The van der Waals surface area contributed by atoms with E-state index in [1.54, 1.807) is 24.3 Å². The lowest BCUT2D eigenvalue weighted by Gasteiger charge is -2.27. The maximum absolute atomic E-state index is 13.7. The van der Waals surface area contributed by atoms with E-state index in [4.69, 9.17) is 4.74 Å². The number of amides is 3. The van der Waals surface area contributed by atoms with E-state index in [-0.39, 0.29) is 30.4 Å². The Bertz CT molecular complexity index is 1270. The molecule has 214 valence electrons. The number of carbonyl (C=O) groups excluding carboxylic acids is 4. The average Bonchev–Trinajstić information content (AvgIpc) is 3.70. The van der Waals surface area contributed by atoms with Crippen LogP contribution < -0.4 is 20.3 Å².